The maximum absolute atomic E-state index is 5.94. The van der Waals surface area contributed by atoms with Crippen LogP contribution >= 0.6 is 0 Å². The molecule has 1 fully saturated rings. The first-order valence-electron chi connectivity index (χ1n) is 8.38. The number of hydrogen-bond donors (Lipinski definition) is 0. The fourth-order valence-electron chi connectivity index (χ4n) is 3.23. The zero-order chi connectivity index (χ0) is 15.9. The first-order chi connectivity index (χ1) is 10.6. The second kappa shape index (κ2) is 8.54. The molecule has 0 radical (unpaired) electrons. The van der Waals surface area contributed by atoms with Crippen molar-refractivity contribution in [3.8, 4) is 5.75 Å². The molecule has 3 heteroatoms. The third kappa shape index (κ3) is 5.29. The third-order valence-corrected chi connectivity index (χ3v) is 4.45. The molecule has 1 aromatic rings. The number of benzene rings is 1. The molecule has 0 amide bonds. The Hall–Kier alpha value is -1.06. The van der Waals surface area contributed by atoms with Gasteiger partial charge in [-0.2, -0.15) is 0 Å². The molecule has 2 atom stereocenters. The lowest BCUT2D eigenvalue weighted by molar-refractivity contribution is -0.0381. The van der Waals surface area contributed by atoms with Crippen molar-refractivity contribution in [2.24, 2.45) is 11.8 Å². The van der Waals surface area contributed by atoms with Crippen molar-refractivity contribution in [3.05, 3.63) is 29.8 Å². The van der Waals surface area contributed by atoms with Crippen LogP contribution in [0.1, 0.15) is 38.7 Å². The lowest BCUT2D eigenvalue weighted by atomic mass is 9.91. The van der Waals surface area contributed by atoms with Crippen molar-refractivity contribution >= 4 is 0 Å². The zero-order valence-electron chi connectivity index (χ0n) is 14.4. The van der Waals surface area contributed by atoms with Crippen LogP contribution in [0, 0.1) is 11.8 Å². The van der Waals surface area contributed by atoms with Gasteiger partial charge in [0.05, 0.1) is 6.10 Å². The van der Waals surface area contributed by atoms with E-state index < -0.39 is 0 Å². The van der Waals surface area contributed by atoms with Crippen LogP contribution in [0.4, 0.5) is 0 Å². The van der Waals surface area contributed by atoms with E-state index in [4.69, 9.17) is 14.2 Å². The molecular weight excluding hydrogens is 276 g/mol. The van der Waals surface area contributed by atoms with Crippen LogP contribution in [-0.2, 0) is 15.9 Å². The Balaban J connectivity index is 1.74. The molecule has 0 saturated heterocycles. The highest BCUT2D eigenvalue weighted by Crippen LogP contribution is 2.28. The number of hydrogen-bond acceptors (Lipinski definition) is 3. The van der Waals surface area contributed by atoms with Gasteiger partial charge < -0.3 is 14.2 Å². The van der Waals surface area contributed by atoms with Gasteiger partial charge in [-0.25, -0.2) is 0 Å². The number of rotatable bonds is 9. The van der Waals surface area contributed by atoms with Crippen LogP contribution < -0.4 is 4.74 Å². The van der Waals surface area contributed by atoms with Crippen molar-refractivity contribution in [1.29, 1.82) is 0 Å². The van der Waals surface area contributed by atoms with Crippen LogP contribution in [0.15, 0.2) is 24.3 Å². The normalized spacial score (nSPS) is 23.6. The van der Waals surface area contributed by atoms with Crippen LogP contribution in [0.2, 0.25) is 0 Å². The van der Waals surface area contributed by atoms with E-state index >= 15 is 0 Å². The van der Waals surface area contributed by atoms with Crippen molar-refractivity contribution < 1.29 is 14.2 Å². The van der Waals surface area contributed by atoms with E-state index in [2.05, 4.69) is 38.1 Å². The van der Waals surface area contributed by atoms with Gasteiger partial charge in [-0.3, -0.25) is 0 Å². The van der Waals surface area contributed by atoms with Crippen molar-refractivity contribution in [1.82, 2.24) is 0 Å². The summed E-state index contributed by atoms with van der Waals surface area (Å²) in [7, 11) is 3.54. The van der Waals surface area contributed by atoms with E-state index in [0.717, 1.165) is 31.6 Å². The molecule has 0 bridgehead atoms. The highest BCUT2D eigenvalue weighted by atomic mass is 16.5. The fraction of sp³-hybridized carbons (Fsp3) is 0.684. The van der Waals surface area contributed by atoms with Gasteiger partial charge in [0, 0.05) is 33.7 Å². The molecule has 22 heavy (non-hydrogen) atoms. The molecule has 0 spiro atoms. The summed E-state index contributed by atoms with van der Waals surface area (Å²) in [5.41, 5.74) is 1.38. The smallest absolute Gasteiger partial charge is 0.119 e. The van der Waals surface area contributed by atoms with Crippen molar-refractivity contribution in [2.45, 2.75) is 51.7 Å². The lowest BCUT2D eigenvalue weighted by Crippen LogP contribution is -2.38. The van der Waals surface area contributed by atoms with Gasteiger partial charge in [0.25, 0.3) is 0 Å². The maximum Gasteiger partial charge on any atom is 0.119 e. The minimum absolute atomic E-state index is 0.324. The summed E-state index contributed by atoms with van der Waals surface area (Å²) in [5.74, 6) is 2.27. The molecule has 124 valence electrons. The van der Waals surface area contributed by atoms with Crippen LogP contribution in [-0.4, -0.2) is 33.0 Å². The Kier molecular flexibility index (Phi) is 6.71. The summed E-state index contributed by atoms with van der Waals surface area (Å²) >= 11 is 0. The molecule has 0 N–H and O–H groups in total. The number of methoxy groups -OCH3 is 2. The van der Waals surface area contributed by atoms with Gasteiger partial charge in [0.1, 0.15) is 11.9 Å². The lowest BCUT2D eigenvalue weighted by Gasteiger charge is -2.34. The molecule has 0 heterocycles. The van der Waals surface area contributed by atoms with E-state index in [9.17, 15) is 0 Å². The summed E-state index contributed by atoms with van der Waals surface area (Å²) in [6.07, 6.45) is 5.04. The standard InChI is InChI=1S/C19H30O3/c1-14(9-15(2)13-20-3)10-16-5-7-17(8-6-16)22-19-11-18(12-19)21-4/h5-8,14-15,18-19H,9-13H2,1-4H3. The van der Waals surface area contributed by atoms with Gasteiger partial charge in [-0.05, 0) is 42.4 Å². The minimum atomic E-state index is 0.324. The van der Waals surface area contributed by atoms with E-state index in [1.807, 2.05) is 0 Å². The Labute approximate surface area is 135 Å². The van der Waals surface area contributed by atoms with Gasteiger partial charge >= 0.3 is 0 Å². The molecular formula is C19H30O3. The summed E-state index contributed by atoms with van der Waals surface area (Å²) in [4.78, 5) is 0. The maximum atomic E-state index is 5.94. The van der Waals surface area contributed by atoms with E-state index in [1.54, 1.807) is 14.2 Å². The Bertz CT molecular complexity index is 423. The fourth-order valence-corrected chi connectivity index (χ4v) is 3.23. The largest absolute Gasteiger partial charge is 0.490 e. The third-order valence-electron chi connectivity index (χ3n) is 4.45. The molecule has 1 aromatic carbocycles. The highest BCUT2D eigenvalue weighted by molar-refractivity contribution is 5.28. The predicted molar refractivity (Wildman–Crippen MR) is 89.4 cm³/mol. The molecule has 1 aliphatic rings. The molecule has 1 saturated carbocycles. The van der Waals surface area contributed by atoms with Gasteiger partial charge in [-0.1, -0.05) is 26.0 Å². The average Bonchev–Trinajstić information content (AvgIpc) is 2.44. The first kappa shape index (κ1) is 17.3. The zero-order valence-corrected chi connectivity index (χ0v) is 14.4. The van der Waals surface area contributed by atoms with E-state index in [1.165, 1.54) is 12.0 Å². The SMILES string of the molecule is COCC(C)CC(C)Cc1ccc(OC2CC(OC)C2)cc1. The summed E-state index contributed by atoms with van der Waals surface area (Å²) in [6.45, 7) is 5.42. The second-order valence-corrected chi connectivity index (χ2v) is 6.82. The molecule has 0 aliphatic heterocycles. The topological polar surface area (TPSA) is 27.7 Å². The Morgan fingerprint density at radius 3 is 2.27 bits per heavy atom. The van der Waals surface area contributed by atoms with E-state index in [-0.39, 0.29) is 0 Å². The van der Waals surface area contributed by atoms with Crippen LogP contribution in [0.25, 0.3) is 0 Å². The summed E-state index contributed by atoms with van der Waals surface area (Å²) < 4.78 is 16.4. The molecule has 3 nitrogen and oxygen atoms in total. The number of ether oxygens (including phenoxy) is 3. The first-order valence-corrected chi connectivity index (χ1v) is 8.38. The minimum Gasteiger partial charge on any atom is -0.490 e. The summed E-state index contributed by atoms with van der Waals surface area (Å²) in [6, 6.07) is 8.58. The second-order valence-electron chi connectivity index (χ2n) is 6.82. The van der Waals surface area contributed by atoms with Gasteiger partial charge in [0.2, 0.25) is 0 Å². The predicted octanol–water partition coefficient (Wildman–Crippen LogP) is 4.09. The molecule has 2 rings (SSSR count). The van der Waals surface area contributed by atoms with Crippen LogP contribution in [0.5, 0.6) is 5.75 Å². The van der Waals surface area contributed by atoms with Crippen molar-refractivity contribution in [3.63, 3.8) is 0 Å². The molecule has 0 aromatic heterocycles. The van der Waals surface area contributed by atoms with Crippen LogP contribution in [0.3, 0.4) is 0 Å². The Morgan fingerprint density at radius 2 is 1.68 bits per heavy atom. The molecule has 1 aliphatic carbocycles. The average molecular weight is 306 g/mol. The quantitative estimate of drug-likeness (QED) is 0.687. The van der Waals surface area contributed by atoms with E-state index in [0.29, 0.717) is 24.0 Å². The van der Waals surface area contributed by atoms with Gasteiger partial charge in [0.15, 0.2) is 0 Å². The monoisotopic (exact) mass is 306 g/mol. The molecule has 2 unspecified atom stereocenters. The summed E-state index contributed by atoms with van der Waals surface area (Å²) in [5, 5.41) is 0. The van der Waals surface area contributed by atoms with Crippen molar-refractivity contribution in [2.75, 3.05) is 20.8 Å². The highest BCUT2D eigenvalue weighted by Gasteiger charge is 2.30. The van der Waals surface area contributed by atoms with Gasteiger partial charge in [-0.15, -0.1) is 0 Å². The Morgan fingerprint density at radius 1 is 1.00 bits per heavy atom.